The van der Waals surface area contributed by atoms with Crippen LogP contribution >= 0.6 is 15.9 Å². The first kappa shape index (κ1) is 13.3. The molecule has 0 saturated carbocycles. The number of fused-ring (bicyclic) bond motifs is 1. The topological polar surface area (TPSA) is 36.4 Å². The van der Waals surface area contributed by atoms with E-state index in [2.05, 4.69) is 50.8 Å². The maximum atomic E-state index is 4.80. The summed E-state index contributed by atoms with van der Waals surface area (Å²) in [5.41, 5.74) is 4.41. The van der Waals surface area contributed by atoms with Gasteiger partial charge in [-0.05, 0) is 25.2 Å². The summed E-state index contributed by atoms with van der Waals surface area (Å²) in [6, 6.07) is 16.6. The Bertz CT molecular complexity index is 637. The normalized spacial score (nSPS) is 17.7. The summed E-state index contributed by atoms with van der Waals surface area (Å²) in [7, 11) is 1.94. The first-order valence-corrected chi connectivity index (χ1v) is 7.41. The van der Waals surface area contributed by atoms with Crippen molar-refractivity contribution in [3.05, 3.63) is 64.1 Å². The molecule has 3 rings (SSSR count). The molecular formula is C16H16BrN3. The van der Waals surface area contributed by atoms with E-state index in [9.17, 15) is 0 Å². The van der Waals surface area contributed by atoms with E-state index in [0.717, 1.165) is 27.0 Å². The molecule has 0 amide bonds. The Morgan fingerprint density at radius 3 is 2.75 bits per heavy atom. The molecule has 3 nitrogen and oxygen atoms in total. The van der Waals surface area contributed by atoms with Gasteiger partial charge >= 0.3 is 0 Å². The first-order chi connectivity index (χ1) is 9.78. The van der Waals surface area contributed by atoms with Crippen LogP contribution in [0.3, 0.4) is 0 Å². The number of hydrogen-bond acceptors (Lipinski definition) is 3. The van der Waals surface area contributed by atoms with Crippen molar-refractivity contribution in [3.8, 4) is 0 Å². The van der Waals surface area contributed by atoms with Crippen LogP contribution in [0.4, 0.5) is 5.69 Å². The van der Waals surface area contributed by atoms with Gasteiger partial charge < -0.3 is 5.32 Å². The highest BCUT2D eigenvalue weighted by Crippen LogP contribution is 2.26. The van der Waals surface area contributed by atoms with Crippen LogP contribution in [0, 0.1) is 0 Å². The molecule has 1 aliphatic rings. The zero-order chi connectivity index (χ0) is 13.9. The van der Waals surface area contributed by atoms with Crippen LogP contribution < -0.4 is 10.6 Å². The van der Waals surface area contributed by atoms with Gasteiger partial charge in [-0.1, -0.05) is 46.3 Å². The Morgan fingerprint density at radius 1 is 1.20 bits per heavy atom. The van der Waals surface area contributed by atoms with Crippen LogP contribution in [-0.4, -0.2) is 25.5 Å². The fourth-order valence-electron chi connectivity index (χ4n) is 2.35. The van der Waals surface area contributed by atoms with Gasteiger partial charge in [0.15, 0.2) is 0 Å². The molecule has 20 heavy (non-hydrogen) atoms. The van der Waals surface area contributed by atoms with Gasteiger partial charge in [0.2, 0.25) is 0 Å². The average Bonchev–Trinajstić information content (AvgIpc) is 2.67. The van der Waals surface area contributed by atoms with Gasteiger partial charge in [0, 0.05) is 21.3 Å². The Morgan fingerprint density at radius 2 is 2.00 bits per heavy atom. The third kappa shape index (κ3) is 2.62. The molecule has 2 aromatic rings. The summed E-state index contributed by atoms with van der Waals surface area (Å²) in [6.07, 6.45) is 0.149. The van der Waals surface area contributed by atoms with Crippen molar-refractivity contribution in [2.45, 2.75) is 6.17 Å². The SMILES string of the molecule is CNC1CN=C(c2ccccc2)c2cc(Br)ccc2N1. The molecule has 0 spiro atoms. The van der Waals surface area contributed by atoms with Crippen molar-refractivity contribution in [1.82, 2.24) is 5.32 Å². The molecule has 0 aromatic heterocycles. The molecule has 2 aromatic carbocycles. The van der Waals surface area contributed by atoms with E-state index in [4.69, 9.17) is 4.99 Å². The third-order valence-corrected chi connectivity index (χ3v) is 3.89. The lowest BCUT2D eigenvalue weighted by molar-refractivity contribution is 0.639. The molecule has 0 radical (unpaired) electrons. The Balaban J connectivity index is 2.14. The second kappa shape index (κ2) is 5.77. The molecule has 1 heterocycles. The monoisotopic (exact) mass is 329 g/mol. The zero-order valence-electron chi connectivity index (χ0n) is 11.2. The summed E-state index contributed by atoms with van der Waals surface area (Å²) in [5, 5.41) is 6.73. The summed E-state index contributed by atoms with van der Waals surface area (Å²) >= 11 is 3.55. The van der Waals surface area contributed by atoms with Gasteiger partial charge in [-0.3, -0.25) is 10.3 Å². The highest BCUT2D eigenvalue weighted by Gasteiger charge is 2.18. The van der Waals surface area contributed by atoms with Crippen LogP contribution in [-0.2, 0) is 0 Å². The second-order valence-electron chi connectivity index (χ2n) is 4.73. The van der Waals surface area contributed by atoms with E-state index in [1.165, 1.54) is 0 Å². The Kier molecular flexibility index (Phi) is 3.85. The number of benzene rings is 2. The van der Waals surface area contributed by atoms with Gasteiger partial charge in [-0.15, -0.1) is 0 Å². The number of rotatable bonds is 2. The molecule has 0 saturated heterocycles. The number of nitrogens with zero attached hydrogens (tertiary/aromatic N) is 1. The standard InChI is InChI=1S/C16H16BrN3/c1-18-15-10-19-16(11-5-3-2-4-6-11)13-9-12(17)7-8-14(13)20-15/h2-9,15,18,20H,10H2,1H3. The van der Waals surface area contributed by atoms with Gasteiger partial charge in [-0.2, -0.15) is 0 Å². The van der Waals surface area contributed by atoms with E-state index in [0.29, 0.717) is 6.54 Å². The number of aliphatic imine (C=N–C) groups is 1. The fraction of sp³-hybridized carbons (Fsp3) is 0.188. The maximum Gasteiger partial charge on any atom is 0.0966 e. The Labute approximate surface area is 127 Å². The molecule has 1 aliphatic heterocycles. The number of benzodiazepines with no additional fused rings is 1. The molecule has 0 fully saturated rings. The van der Waals surface area contributed by atoms with Gasteiger partial charge in [0.1, 0.15) is 0 Å². The van der Waals surface area contributed by atoms with E-state index in [-0.39, 0.29) is 6.17 Å². The summed E-state index contributed by atoms with van der Waals surface area (Å²) in [4.78, 5) is 4.80. The highest BCUT2D eigenvalue weighted by atomic mass is 79.9. The van der Waals surface area contributed by atoms with E-state index in [1.807, 2.05) is 31.3 Å². The van der Waals surface area contributed by atoms with Crippen LogP contribution in [0.25, 0.3) is 0 Å². The van der Waals surface area contributed by atoms with Gasteiger partial charge in [0.05, 0.1) is 18.4 Å². The number of nitrogens with one attached hydrogen (secondary N) is 2. The molecule has 2 N–H and O–H groups in total. The lowest BCUT2D eigenvalue weighted by Crippen LogP contribution is -2.35. The van der Waals surface area contributed by atoms with Crippen molar-refractivity contribution < 1.29 is 0 Å². The smallest absolute Gasteiger partial charge is 0.0966 e. The largest absolute Gasteiger partial charge is 0.368 e. The average molecular weight is 330 g/mol. The highest BCUT2D eigenvalue weighted by molar-refractivity contribution is 9.10. The van der Waals surface area contributed by atoms with Crippen LogP contribution in [0.1, 0.15) is 11.1 Å². The predicted molar refractivity (Wildman–Crippen MR) is 87.6 cm³/mol. The zero-order valence-corrected chi connectivity index (χ0v) is 12.8. The predicted octanol–water partition coefficient (Wildman–Crippen LogP) is 3.26. The number of halogens is 1. The minimum Gasteiger partial charge on any atom is -0.368 e. The molecule has 4 heteroatoms. The minimum atomic E-state index is 0.149. The van der Waals surface area contributed by atoms with Crippen molar-refractivity contribution in [3.63, 3.8) is 0 Å². The fourth-order valence-corrected chi connectivity index (χ4v) is 2.71. The minimum absolute atomic E-state index is 0.149. The third-order valence-electron chi connectivity index (χ3n) is 3.39. The van der Waals surface area contributed by atoms with Gasteiger partial charge in [0.25, 0.3) is 0 Å². The Hall–Kier alpha value is -1.65. The lowest BCUT2D eigenvalue weighted by Gasteiger charge is -2.16. The van der Waals surface area contributed by atoms with Gasteiger partial charge in [-0.25, -0.2) is 0 Å². The molecular weight excluding hydrogens is 314 g/mol. The summed E-state index contributed by atoms with van der Waals surface area (Å²) < 4.78 is 1.06. The van der Waals surface area contributed by atoms with Crippen LogP contribution in [0.2, 0.25) is 0 Å². The van der Waals surface area contributed by atoms with Crippen molar-refractivity contribution in [2.24, 2.45) is 4.99 Å². The van der Waals surface area contributed by atoms with E-state index >= 15 is 0 Å². The molecule has 0 bridgehead atoms. The summed E-state index contributed by atoms with van der Waals surface area (Å²) in [5.74, 6) is 0. The lowest BCUT2D eigenvalue weighted by atomic mass is 10.0. The van der Waals surface area contributed by atoms with Crippen LogP contribution in [0.15, 0.2) is 58.0 Å². The number of hydrogen-bond donors (Lipinski definition) is 2. The molecule has 102 valence electrons. The van der Waals surface area contributed by atoms with Crippen molar-refractivity contribution >= 4 is 27.3 Å². The molecule has 1 unspecified atom stereocenters. The summed E-state index contributed by atoms with van der Waals surface area (Å²) in [6.45, 7) is 0.701. The van der Waals surface area contributed by atoms with Crippen molar-refractivity contribution in [1.29, 1.82) is 0 Å². The number of likely N-dealkylation sites (N-methyl/N-ethyl adjacent to an activating group) is 1. The quantitative estimate of drug-likeness (QED) is 0.887. The molecule has 1 atom stereocenters. The first-order valence-electron chi connectivity index (χ1n) is 6.61. The molecule has 0 aliphatic carbocycles. The number of anilines is 1. The maximum absolute atomic E-state index is 4.80. The van der Waals surface area contributed by atoms with Crippen molar-refractivity contribution in [2.75, 3.05) is 18.9 Å². The second-order valence-corrected chi connectivity index (χ2v) is 5.65. The van der Waals surface area contributed by atoms with Crippen LogP contribution in [0.5, 0.6) is 0 Å². The van der Waals surface area contributed by atoms with E-state index in [1.54, 1.807) is 0 Å². The van der Waals surface area contributed by atoms with E-state index < -0.39 is 0 Å².